The predicted octanol–water partition coefficient (Wildman–Crippen LogP) is 2.65. The number of hydrogen-bond donors (Lipinski definition) is 2. The first-order chi connectivity index (χ1) is 11.7. The van der Waals surface area contributed by atoms with Crippen LogP contribution in [0.2, 0.25) is 0 Å². The maximum atomic E-state index is 5.29. The van der Waals surface area contributed by atoms with Crippen molar-refractivity contribution in [2.45, 2.75) is 32.7 Å². The molecule has 0 aliphatic carbocycles. The summed E-state index contributed by atoms with van der Waals surface area (Å²) in [4.78, 5) is 7.28. The molecule has 0 amide bonds. The van der Waals surface area contributed by atoms with Crippen LogP contribution in [0.25, 0.3) is 0 Å². The lowest BCUT2D eigenvalue weighted by Gasteiger charge is -2.39. The highest BCUT2D eigenvalue weighted by Gasteiger charge is 2.30. The van der Waals surface area contributed by atoms with E-state index in [0.717, 1.165) is 37.9 Å². The number of piperidine rings is 1. The van der Waals surface area contributed by atoms with Gasteiger partial charge >= 0.3 is 0 Å². The normalized spacial score (nSPS) is 21.2. The zero-order chi connectivity index (χ0) is 17.4. The maximum Gasteiger partial charge on any atom is 0.191 e. The van der Waals surface area contributed by atoms with Crippen LogP contribution in [0.4, 0.5) is 0 Å². The summed E-state index contributed by atoms with van der Waals surface area (Å²) in [6.45, 7) is 7.96. The summed E-state index contributed by atoms with van der Waals surface area (Å²) in [5.74, 6) is 2.36. The van der Waals surface area contributed by atoms with Crippen molar-refractivity contribution in [2.24, 2.45) is 10.9 Å². The molecule has 2 unspecified atom stereocenters. The van der Waals surface area contributed by atoms with Crippen LogP contribution >= 0.6 is 0 Å². The van der Waals surface area contributed by atoms with Gasteiger partial charge in [-0.1, -0.05) is 12.1 Å². The first-order valence-electron chi connectivity index (χ1n) is 9.06. The Hall–Kier alpha value is -1.75. The van der Waals surface area contributed by atoms with Gasteiger partial charge in [-0.3, -0.25) is 9.89 Å². The third kappa shape index (κ3) is 4.87. The Bertz CT molecular complexity index is 507. The van der Waals surface area contributed by atoms with Crippen molar-refractivity contribution >= 4 is 5.96 Å². The van der Waals surface area contributed by atoms with E-state index in [9.17, 15) is 0 Å². The number of methoxy groups -OCH3 is 1. The quantitative estimate of drug-likeness (QED) is 0.621. The maximum absolute atomic E-state index is 5.29. The van der Waals surface area contributed by atoms with Gasteiger partial charge in [-0.05, 0) is 63.9 Å². The Morgan fingerprint density at radius 3 is 2.46 bits per heavy atom. The molecule has 1 heterocycles. The fraction of sp³-hybridized carbons (Fsp3) is 0.632. The number of nitrogens with zero attached hydrogens (tertiary/aromatic N) is 2. The van der Waals surface area contributed by atoms with Crippen molar-refractivity contribution in [1.29, 1.82) is 0 Å². The van der Waals surface area contributed by atoms with Crippen molar-refractivity contribution in [2.75, 3.05) is 40.3 Å². The molecule has 0 aromatic heterocycles. The van der Waals surface area contributed by atoms with Gasteiger partial charge in [0.15, 0.2) is 5.96 Å². The highest BCUT2D eigenvalue weighted by Crippen LogP contribution is 2.35. The van der Waals surface area contributed by atoms with Crippen molar-refractivity contribution in [3.63, 3.8) is 0 Å². The summed E-state index contributed by atoms with van der Waals surface area (Å²) < 4.78 is 5.29. The van der Waals surface area contributed by atoms with E-state index in [2.05, 4.69) is 60.7 Å². The minimum absolute atomic E-state index is 0.415. The average molecular weight is 332 g/mol. The van der Waals surface area contributed by atoms with Gasteiger partial charge in [-0.15, -0.1) is 0 Å². The second-order valence-corrected chi connectivity index (χ2v) is 6.35. The van der Waals surface area contributed by atoms with Crippen molar-refractivity contribution < 1.29 is 4.74 Å². The fourth-order valence-electron chi connectivity index (χ4n) is 3.50. The van der Waals surface area contributed by atoms with E-state index in [0.29, 0.717) is 12.0 Å². The van der Waals surface area contributed by atoms with E-state index in [1.165, 1.54) is 18.4 Å². The molecule has 1 aromatic rings. The number of likely N-dealkylation sites (tertiary alicyclic amines) is 1. The van der Waals surface area contributed by atoms with Gasteiger partial charge in [0.2, 0.25) is 0 Å². The number of nitrogens with one attached hydrogen (secondary N) is 2. The molecule has 0 saturated carbocycles. The molecule has 0 radical (unpaired) electrons. The Kier molecular flexibility index (Phi) is 7.37. The third-order valence-electron chi connectivity index (χ3n) is 4.64. The highest BCUT2D eigenvalue weighted by atomic mass is 16.5. The molecule has 134 valence electrons. The molecule has 0 bridgehead atoms. The number of rotatable bonds is 6. The van der Waals surface area contributed by atoms with Crippen LogP contribution in [0, 0.1) is 5.92 Å². The van der Waals surface area contributed by atoms with Gasteiger partial charge in [0.25, 0.3) is 0 Å². The van der Waals surface area contributed by atoms with Crippen LogP contribution in [0.5, 0.6) is 5.75 Å². The van der Waals surface area contributed by atoms with Crippen LogP contribution in [0.1, 0.15) is 38.3 Å². The first-order valence-corrected chi connectivity index (χ1v) is 9.06. The van der Waals surface area contributed by atoms with E-state index in [-0.39, 0.29) is 0 Å². The molecule has 1 aromatic carbocycles. The Morgan fingerprint density at radius 1 is 1.21 bits per heavy atom. The summed E-state index contributed by atoms with van der Waals surface area (Å²) in [6.07, 6.45) is 2.46. The van der Waals surface area contributed by atoms with Gasteiger partial charge in [0.1, 0.15) is 5.75 Å². The molecule has 1 aliphatic heterocycles. The predicted molar refractivity (Wildman–Crippen MR) is 101 cm³/mol. The van der Waals surface area contributed by atoms with Gasteiger partial charge < -0.3 is 15.4 Å². The molecule has 2 rings (SSSR count). The monoisotopic (exact) mass is 332 g/mol. The number of benzene rings is 1. The molecule has 1 aliphatic rings. The van der Waals surface area contributed by atoms with Gasteiger partial charge in [0.05, 0.1) is 7.11 Å². The van der Waals surface area contributed by atoms with E-state index in [1.807, 2.05) is 0 Å². The zero-order valence-electron chi connectivity index (χ0n) is 15.5. The molecule has 2 atom stereocenters. The van der Waals surface area contributed by atoms with Crippen LogP contribution < -0.4 is 15.4 Å². The largest absolute Gasteiger partial charge is 0.497 e. The molecule has 5 heteroatoms. The Labute approximate surface area is 146 Å². The van der Waals surface area contributed by atoms with Crippen LogP contribution in [-0.2, 0) is 0 Å². The van der Waals surface area contributed by atoms with E-state index < -0.39 is 0 Å². The highest BCUT2D eigenvalue weighted by molar-refractivity contribution is 5.79. The molecule has 5 nitrogen and oxygen atoms in total. The third-order valence-corrected chi connectivity index (χ3v) is 4.64. The number of guanidine groups is 1. The first kappa shape index (κ1) is 18.6. The second kappa shape index (κ2) is 9.52. The fourth-order valence-corrected chi connectivity index (χ4v) is 3.50. The second-order valence-electron chi connectivity index (χ2n) is 6.35. The van der Waals surface area contributed by atoms with Gasteiger partial charge in [0, 0.05) is 25.7 Å². The molecule has 1 saturated heterocycles. The van der Waals surface area contributed by atoms with Crippen molar-refractivity contribution in [3.8, 4) is 5.75 Å². The molecular formula is C19H32N4O. The number of aliphatic imine (C=N–C) groups is 1. The van der Waals surface area contributed by atoms with E-state index in [1.54, 1.807) is 7.11 Å². The number of hydrogen-bond acceptors (Lipinski definition) is 3. The van der Waals surface area contributed by atoms with Crippen molar-refractivity contribution in [3.05, 3.63) is 29.8 Å². The summed E-state index contributed by atoms with van der Waals surface area (Å²) in [5.41, 5.74) is 1.35. The number of ether oxygens (including phenoxy) is 1. The molecular weight excluding hydrogens is 300 g/mol. The summed E-state index contributed by atoms with van der Waals surface area (Å²) in [7, 11) is 3.93. The van der Waals surface area contributed by atoms with Crippen molar-refractivity contribution in [1.82, 2.24) is 15.5 Å². The molecule has 24 heavy (non-hydrogen) atoms. The topological polar surface area (TPSA) is 48.9 Å². The lowest BCUT2D eigenvalue weighted by atomic mass is 9.85. The molecule has 2 N–H and O–H groups in total. The molecule has 0 spiro atoms. The van der Waals surface area contributed by atoms with Crippen LogP contribution in [0.15, 0.2) is 29.3 Å². The van der Waals surface area contributed by atoms with Gasteiger partial charge in [-0.25, -0.2) is 0 Å². The lowest BCUT2D eigenvalue weighted by Crippen LogP contribution is -2.40. The SMILES string of the molecule is CCNC(=NCC1CCCN(C)C1c1ccc(OC)cc1)NCC. The van der Waals surface area contributed by atoms with E-state index in [4.69, 9.17) is 9.73 Å². The summed E-state index contributed by atoms with van der Waals surface area (Å²) in [6, 6.07) is 8.91. The minimum atomic E-state index is 0.415. The smallest absolute Gasteiger partial charge is 0.191 e. The molecule has 1 fully saturated rings. The standard InChI is InChI=1S/C19H32N4O/c1-5-20-19(21-6-2)22-14-16-8-7-13-23(3)18(16)15-9-11-17(24-4)12-10-15/h9-12,16,18H,5-8,13-14H2,1-4H3,(H2,20,21,22). The van der Waals surface area contributed by atoms with Crippen LogP contribution in [-0.4, -0.2) is 51.2 Å². The Morgan fingerprint density at radius 2 is 1.88 bits per heavy atom. The Balaban J connectivity index is 2.14. The summed E-state index contributed by atoms with van der Waals surface area (Å²) >= 11 is 0. The van der Waals surface area contributed by atoms with Gasteiger partial charge in [-0.2, -0.15) is 0 Å². The van der Waals surface area contributed by atoms with Crippen LogP contribution in [0.3, 0.4) is 0 Å². The zero-order valence-corrected chi connectivity index (χ0v) is 15.5. The van der Waals surface area contributed by atoms with E-state index >= 15 is 0 Å². The lowest BCUT2D eigenvalue weighted by molar-refractivity contribution is 0.125. The minimum Gasteiger partial charge on any atom is -0.497 e. The average Bonchev–Trinajstić information content (AvgIpc) is 2.60. The summed E-state index contributed by atoms with van der Waals surface area (Å²) in [5, 5.41) is 6.63.